The lowest BCUT2D eigenvalue weighted by Gasteiger charge is -2.20. The first-order chi connectivity index (χ1) is 9.36. The van der Waals surface area contributed by atoms with Gasteiger partial charge in [-0.15, -0.1) is 11.3 Å². The van der Waals surface area contributed by atoms with Gasteiger partial charge in [-0.2, -0.15) is 5.10 Å². The highest BCUT2D eigenvalue weighted by Gasteiger charge is 2.23. The third-order valence-electron chi connectivity index (χ3n) is 3.65. The lowest BCUT2D eigenvalue weighted by Crippen LogP contribution is -2.37. The highest BCUT2D eigenvalue weighted by molar-refractivity contribution is 7.21. The van der Waals surface area contributed by atoms with Crippen LogP contribution in [0.25, 0.3) is 10.2 Å². The SMILES string of the molecule is CCC(NC(=O)c1sc2c(c(C)nn2C)c1N)C(C)C. The van der Waals surface area contributed by atoms with Gasteiger partial charge >= 0.3 is 0 Å². The van der Waals surface area contributed by atoms with Gasteiger partial charge in [0.05, 0.1) is 16.8 Å². The summed E-state index contributed by atoms with van der Waals surface area (Å²) in [7, 11) is 1.87. The number of carbonyl (C=O) groups is 1. The molecule has 0 fully saturated rings. The minimum atomic E-state index is -0.0800. The quantitative estimate of drug-likeness (QED) is 0.910. The molecule has 0 aromatic carbocycles. The van der Waals surface area contributed by atoms with E-state index >= 15 is 0 Å². The third-order valence-corrected chi connectivity index (χ3v) is 4.92. The van der Waals surface area contributed by atoms with Crippen LogP contribution < -0.4 is 11.1 Å². The second-order valence-corrected chi connectivity index (χ2v) is 6.47. The molecule has 0 saturated carbocycles. The van der Waals surface area contributed by atoms with Crippen molar-refractivity contribution in [2.75, 3.05) is 5.73 Å². The summed E-state index contributed by atoms with van der Waals surface area (Å²) in [6, 6.07) is 0.173. The number of nitrogens with one attached hydrogen (secondary N) is 1. The van der Waals surface area contributed by atoms with E-state index in [-0.39, 0.29) is 11.9 Å². The zero-order valence-corrected chi connectivity index (χ0v) is 13.5. The van der Waals surface area contributed by atoms with Crippen LogP contribution in [0.3, 0.4) is 0 Å². The first-order valence-electron chi connectivity index (χ1n) is 6.89. The summed E-state index contributed by atoms with van der Waals surface area (Å²) < 4.78 is 1.78. The Balaban J connectivity index is 2.36. The molecule has 5 nitrogen and oxygen atoms in total. The molecule has 1 unspecified atom stereocenters. The number of thiophene rings is 1. The van der Waals surface area contributed by atoms with Gasteiger partial charge < -0.3 is 11.1 Å². The second-order valence-electron chi connectivity index (χ2n) is 5.47. The van der Waals surface area contributed by atoms with E-state index in [4.69, 9.17) is 5.73 Å². The van der Waals surface area contributed by atoms with Crippen molar-refractivity contribution in [3.63, 3.8) is 0 Å². The fourth-order valence-electron chi connectivity index (χ4n) is 2.47. The van der Waals surface area contributed by atoms with E-state index < -0.39 is 0 Å². The molecule has 20 heavy (non-hydrogen) atoms. The molecular weight excluding hydrogens is 272 g/mol. The molecule has 0 saturated heterocycles. The van der Waals surface area contributed by atoms with Gasteiger partial charge in [-0.3, -0.25) is 9.48 Å². The molecule has 0 radical (unpaired) electrons. The number of fused-ring (bicyclic) bond motifs is 1. The Morgan fingerprint density at radius 3 is 2.65 bits per heavy atom. The average Bonchev–Trinajstić information content (AvgIpc) is 2.85. The highest BCUT2D eigenvalue weighted by atomic mass is 32.1. The number of nitrogens with zero attached hydrogens (tertiary/aromatic N) is 2. The largest absolute Gasteiger partial charge is 0.397 e. The molecule has 2 rings (SSSR count). The van der Waals surface area contributed by atoms with Crippen molar-refractivity contribution >= 4 is 33.1 Å². The minimum absolute atomic E-state index is 0.0800. The smallest absolute Gasteiger partial charge is 0.263 e. The van der Waals surface area contributed by atoms with E-state index in [1.165, 1.54) is 11.3 Å². The second kappa shape index (κ2) is 5.44. The van der Waals surface area contributed by atoms with Gasteiger partial charge in [0.25, 0.3) is 5.91 Å². The minimum Gasteiger partial charge on any atom is -0.397 e. The maximum atomic E-state index is 12.4. The van der Waals surface area contributed by atoms with Crippen molar-refractivity contribution in [2.45, 2.75) is 40.2 Å². The van der Waals surface area contributed by atoms with Crippen LogP contribution in [-0.4, -0.2) is 21.7 Å². The van der Waals surface area contributed by atoms with Gasteiger partial charge in [0.15, 0.2) is 0 Å². The lowest BCUT2D eigenvalue weighted by molar-refractivity contribution is 0.0929. The van der Waals surface area contributed by atoms with Gasteiger partial charge in [0.2, 0.25) is 0 Å². The van der Waals surface area contributed by atoms with Crippen LogP contribution in [-0.2, 0) is 7.05 Å². The Morgan fingerprint density at radius 2 is 2.15 bits per heavy atom. The Labute approximate surface area is 123 Å². The summed E-state index contributed by atoms with van der Waals surface area (Å²) in [5.41, 5.74) is 7.56. The van der Waals surface area contributed by atoms with Crippen LogP contribution >= 0.6 is 11.3 Å². The van der Waals surface area contributed by atoms with Crippen LogP contribution in [0.5, 0.6) is 0 Å². The number of nitrogens with two attached hydrogens (primary N) is 1. The molecule has 2 aromatic rings. The third kappa shape index (κ3) is 2.40. The van der Waals surface area contributed by atoms with Gasteiger partial charge in [0.1, 0.15) is 9.71 Å². The summed E-state index contributed by atoms with van der Waals surface area (Å²) >= 11 is 1.41. The lowest BCUT2D eigenvalue weighted by atomic mass is 10.0. The first-order valence-corrected chi connectivity index (χ1v) is 7.70. The fourth-order valence-corrected chi connectivity index (χ4v) is 3.56. The van der Waals surface area contributed by atoms with Crippen molar-refractivity contribution in [1.82, 2.24) is 15.1 Å². The van der Waals surface area contributed by atoms with Crippen LogP contribution in [0.15, 0.2) is 0 Å². The van der Waals surface area contributed by atoms with Crippen molar-refractivity contribution in [3.05, 3.63) is 10.6 Å². The summed E-state index contributed by atoms with van der Waals surface area (Å²) in [4.78, 5) is 14.0. The molecule has 0 aliphatic rings. The van der Waals surface area contributed by atoms with E-state index in [1.54, 1.807) is 4.68 Å². The van der Waals surface area contributed by atoms with Crippen molar-refractivity contribution in [2.24, 2.45) is 13.0 Å². The Kier molecular flexibility index (Phi) is 4.04. The summed E-state index contributed by atoms with van der Waals surface area (Å²) in [6.45, 7) is 8.21. The van der Waals surface area contributed by atoms with E-state index in [0.717, 1.165) is 22.3 Å². The van der Waals surface area contributed by atoms with Crippen LogP contribution in [0.1, 0.15) is 42.6 Å². The van der Waals surface area contributed by atoms with Crippen LogP contribution in [0.4, 0.5) is 5.69 Å². The zero-order valence-electron chi connectivity index (χ0n) is 12.7. The number of aromatic nitrogens is 2. The number of aryl methyl sites for hydroxylation is 2. The molecule has 1 amide bonds. The Bertz CT molecular complexity index is 641. The van der Waals surface area contributed by atoms with Crippen LogP contribution in [0, 0.1) is 12.8 Å². The maximum Gasteiger partial charge on any atom is 0.263 e. The zero-order chi connectivity index (χ0) is 15.0. The van der Waals surface area contributed by atoms with Gasteiger partial charge in [-0.05, 0) is 19.3 Å². The van der Waals surface area contributed by atoms with Crippen LogP contribution in [0.2, 0.25) is 0 Å². The van der Waals surface area contributed by atoms with Crippen molar-refractivity contribution < 1.29 is 4.79 Å². The number of carbonyl (C=O) groups excluding carboxylic acids is 1. The molecule has 2 aromatic heterocycles. The highest BCUT2D eigenvalue weighted by Crippen LogP contribution is 2.35. The molecule has 6 heteroatoms. The summed E-state index contributed by atoms with van der Waals surface area (Å²) in [5, 5.41) is 8.31. The number of nitrogen functional groups attached to an aromatic ring is 1. The van der Waals surface area contributed by atoms with Gasteiger partial charge in [-0.1, -0.05) is 20.8 Å². The number of anilines is 1. The number of amides is 1. The Hall–Kier alpha value is -1.56. The fraction of sp³-hybridized carbons (Fsp3) is 0.571. The molecule has 110 valence electrons. The molecule has 2 heterocycles. The summed E-state index contributed by atoms with van der Waals surface area (Å²) in [5.74, 6) is 0.326. The van der Waals surface area contributed by atoms with E-state index in [0.29, 0.717) is 16.5 Å². The van der Waals surface area contributed by atoms with E-state index in [1.807, 2.05) is 14.0 Å². The maximum absolute atomic E-state index is 12.4. The standard InChI is InChI=1S/C14H22N4OS/c1-6-9(7(2)3)16-13(19)12-11(15)10-8(4)17-18(5)14(10)20-12/h7,9H,6,15H2,1-5H3,(H,16,19). The van der Waals surface area contributed by atoms with Gasteiger partial charge in [-0.25, -0.2) is 0 Å². The van der Waals surface area contributed by atoms with E-state index in [2.05, 4.69) is 31.2 Å². The predicted molar refractivity (Wildman–Crippen MR) is 84.1 cm³/mol. The molecule has 3 N–H and O–H groups in total. The molecule has 1 atom stereocenters. The monoisotopic (exact) mass is 294 g/mol. The molecule has 0 aliphatic carbocycles. The molecular formula is C14H22N4OS. The molecule has 0 bridgehead atoms. The van der Waals surface area contributed by atoms with E-state index in [9.17, 15) is 4.79 Å². The molecule has 0 aliphatic heterocycles. The number of hydrogen-bond donors (Lipinski definition) is 2. The topological polar surface area (TPSA) is 72.9 Å². The summed E-state index contributed by atoms with van der Waals surface area (Å²) in [6.07, 6.45) is 0.911. The number of hydrogen-bond acceptors (Lipinski definition) is 4. The normalized spacial score (nSPS) is 13.1. The Morgan fingerprint density at radius 1 is 1.50 bits per heavy atom. The van der Waals surface area contributed by atoms with Gasteiger partial charge in [0, 0.05) is 13.1 Å². The van der Waals surface area contributed by atoms with Crippen molar-refractivity contribution in [1.29, 1.82) is 0 Å². The first kappa shape index (κ1) is 14.8. The molecule has 0 spiro atoms. The average molecular weight is 294 g/mol. The predicted octanol–water partition coefficient (Wildman–Crippen LogP) is 2.69. The number of rotatable bonds is 4. The van der Waals surface area contributed by atoms with Crippen molar-refractivity contribution in [3.8, 4) is 0 Å².